The molecule has 4 aromatic rings. The van der Waals surface area contributed by atoms with Crippen molar-refractivity contribution in [3.8, 4) is 17.0 Å². The summed E-state index contributed by atoms with van der Waals surface area (Å²) in [5.41, 5.74) is 3.81. The van der Waals surface area contributed by atoms with Gasteiger partial charge in [-0.3, -0.25) is 4.79 Å². The first kappa shape index (κ1) is 20.9. The number of aromatic nitrogens is 2. The van der Waals surface area contributed by atoms with Crippen molar-refractivity contribution in [2.75, 3.05) is 11.9 Å². The maximum absolute atomic E-state index is 12.4. The van der Waals surface area contributed by atoms with E-state index in [0.717, 1.165) is 22.6 Å². The van der Waals surface area contributed by atoms with Crippen molar-refractivity contribution in [1.82, 2.24) is 9.97 Å². The molecule has 4 rings (SSSR count). The number of ether oxygens (including phenoxy) is 1. The van der Waals surface area contributed by atoms with Gasteiger partial charge in [0.25, 0.3) is 5.91 Å². The number of H-pyrrole nitrogens is 1. The second-order valence-electron chi connectivity index (χ2n) is 7.09. The maximum atomic E-state index is 12.4. The van der Waals surface area contributed by atoms with Gasteiger partial charge in [0, 0.05) is 29.4 Å². The van der Waals surface area contributed by atoms with Gasteiger partial charge in [-0.25, -0.2) is 9.78 Å². The van der Waals surface area contributed by atoms with Crippen LogP contribution in [-0.4, -0.2) is 33.6 Å². The van der Waals surface area contributed by atoms with Gasteiger partial charge >= 0.3 is 5.97 Å². The monoisotopic (exact) mass is 427 g/mol. The number of carbonyl (C=O) groups excluding carboxylic acids is 1. The molecule has 1 amide bonds. The quantitative estimate of drug-likeness (QED) is 0.380. The van der Waals surface area contributed by atoms with E-state index >= 15 is 0 Å². The van der Waals surface area contributed by atoms with Crippen LogP contribution in [0.1, 0.15) is 26.3 Å². The fourth-order valence-electron chi connectivity index (χ4n) is 3.24. The van der Waals surface area contributed by atoms with E-state index in [0.29, 0.717) is 18.7 Å². The van der Waals surface area contributed by atoms with Crippen LogP contribution in [-0.2, 0) is 6.42 Å². The number of amides is 1. The van der Waals surface area contributed by atoms with Crippen LogP contribution in [0.2, 0.25) is 0 Å². The Balaban J connectivity index is 1.34. The first-order chi connectivity index (χ1) is 15.6. The number of nitrogens with one attached hydrogen (secondary N) is 2. The molecule has 3 N–H and O–H groups in total. The van der Waals surface area contributed by atoms with Crippen molar-refractivity contribution in [3.63, 3.8) is 0 Å². The Kier molecular flexibility index (Phi) is 6.27. The Morgan fingerprint density at radius 1 is 0.969 bits per heavy atom. The third-order valence-corrected chi connectivity index (χ3v) is 4.89. The van der Waals surface area contributed by atoms with Gasteiger partial charge in [-0.1, -0.05) is 30.3 Å². The second-order valence-corrected chi connectivity index (χ2v) is 7.09. The summed E-state index contributed by atoms with van der Waals surface area (Å²) in [5.74, 6) is -0.663. The Bertz CT molecular complexity index is 1220. The van der Waals surface area contributed by atoms with E-state index < -0.39 is 5.97 Å². The molecule has 0 bridgehead atoms. The summed E-state index contributed by atoms with van der Waals surface area (Å²) in [6, 6.07) is 21.2. The van der Waals surface area contributed by atoms with Crippen molar-refractivity contribution in [2.24, 2.45) is 0 Å². The summed E-state index contributed by atoms with van der Waals surface area (Å²) in [7, 11) is 0. The van der Waals surface area contributed by atoms with Crippen molar-refractivity contribution >= 4 is 17.6 Å². The van der Waals surface area contributed by atoms with Crippen LogP contribution in [0.5, 0.6) is 5.75 Å². The van der Waals surface area contributed by atoms with Crippen molar-refractivity contribution in [2.45, 2.75) is 6.42 Å². The smallest absolute Gasteiger partial charge is 0.335 e. The Labute approximate surface area is 184 Å². The van der Waals surface area contributed by atoms with E-state index in [4.69, 9.17) is 9.84 Å². The molecule has 3 aromatic carbocycles. The molecule has 0 fully saturated rings. The molecule has 1 aromatic heterocycles. The van der Waals surface area contributed by atoms with Crippen LogP contribution >= 0.6 is 0 Å². The topological polar surface area (TPSA) is 104 Å². The molecule has 0 atom stereocenters. The summed E-state index contributed by atoms with van der Waals surface area (Å²) in [6.45, 7) is 0.495. The van der Waals surface area contributed by atoms with E-state index in [9.17, 15) is 9.59 Å². The molecule has 0 aliphatic heterocycles. The number of carboxylic acids is 1. The van der Waals surface area contributed by atoms with Gasteiger partial charge in [0.15, 0.2) is 0 Å². The number of carbonyl (C=O) groups is 2. The predicted molar refractivity (Wildman–Crippen MR) is 121 cm³/mol. The largest absolute Gasteiger partial charge is 0.493 e. The first-order valence-electron chi connectivity index (χ1n) is 10.0. The summed E-state index contributed by atoms with van der Waals surface area (Å²) in [4.78, 5) is 30.7. The lowest BCUT2D eigenvalue weighted by Gasteiger charge is -2.11. The molecule has 1 heterocycles. The maximum Gasteiger partial charge on any atom is 0.335 e. The van der Waals surface area contributed by atoms with E-state index in [2.05, 4.69) is 15.3 Å². The number of benzene rings is 3. The van der Waals surface area contributed by atoms with E-state index in [1.807, 2.05) is 54.7 Å². The minimum absolute atomic E-state index is 0.0712. The number of nitrogens with zero attached hydrogens (tertiary/aromatic N) is 1. The van der Waals surface area contributed by atoms with Gasteiger partial charge < -0.3 is 20.1 Å². The highest BCUT2D eigenvalue weighted by Crippen LogP contribution is 2.28. The molecule has 0 saturated heterocycles. The van der Waals surface area contributed by atoms with Crippen LogP contribution in [0.25, 0.3) is 11.3 Å². The Morgan fingerprint density at radius 3 is 2.50 bits per heavy atom. The van der Waals surface area contributed by atoms with E-state index in [1.165, 1.54) is 12.1 Å². The minimum atomic E-state index is -1.07. The normalized spacial score (nSPS) is 10.5. The Morgan fingerprint density at radius 2 is 1.75 bits per heavy atom. The van der Waals surface area contributed by atoms with Crippen LogP contribution < -0.4 is 10.1 Å². The van der Waals surface area contributed by atoms with Gasteiger partial charge in [0.05, 0.1) is 24.2 Å². The molecule has 160 valence electrons. The molecule has 0 radical (unpaired) electrons. The number of para-hydroxylation sites is 1. The molecular weight excluding hydrogens is 406 g/mol. The van der Waals surface area contributed by atoms with Gasteiger partial charge in [0.1, 0.15) is 5.75 Å². The number of anilines is 1. The lowest BCUT2D eigenvalue weighted by molar-refractivity contribution is 0.0697. The highest BCUT2D eigenvalue weighted by Gasteiger charge is 2.10. The fraction of sp³-hybridized carbons (Fsp3) is 0.0800. The number of rotatable bonds is 8. The Hall–Kier alpha value is -4.39. The number of imidazole rings is 1. The summed E-state index contributed by atoms with van der Waals surface area (Å²) in [6.07, 6.45) is 4.16. The molecule has 0 aliphatic carbocycles. The highest BCUT2D eigenvalue weighted by molar-refractivity contribution is 6.05. The van der Waals surface area contributed by atoms with Crippen molar-refractivity contribution < 1.29 is 19.4 Å². The highest BCUT2D eigenvalue weighted by atomic mass is 16.5. The van der Waals surface area contributed by atoms with Crippen LogP contribution in [0.4, 0.5) is 5.69 Å². The second kappa shape index (κ2) is 9.61. The van der Waals surface area contributed by atoms with E-state index in [1.54, 1.807) is 18.5 Å². The lowest BCUT2D eigenvalue weighted by Crippen LogP contribution is -2.12. The molecule has 0 unspecified atom stereocenters. The molecule has 32 heavy (non-hydrogen) atoms. The van der Waals surface area contributed by atoms with Gasteiger partial charge in [-0.15, -0.1) is 0 Å². The van der Waals surface area contributed by atoms with E-state index in [-0.39, 0.29) is 17.0 Å². The third kappa shape index (κ3) is 5.02. The number of hydrogen-bond acceptors (Lipinski definition) is 4. The first-order valence-corrected chi connectivity index (χ1v) is 10.0. The van der Waals surface area contributed by atoms with Crippen molar-refractivity contribution in [3.05, 3.63) is 102 Å². The molecule has 0 aliphatic rings. The average molecular weight is 427 g/mol. The number of carboxylic acid groups (broad SMARTS) is 1. The van der Waals surface area contributed by atoms with Gasteiger partial charge in [-0.05, 0) is 48.0 Å². The summed E-state index contributed by atoms with van der Waals surface area (Å²) in [5, 5.41) is 11.9. The summed E-state index contributed by atoms with van der Waals surface area (Å²) >= 11 is 0. The van der Waals surface area contributed by atoms with Crippen LogP contribution in [0.15, 0.2) is 85.3 Å². The zero-order valence-corrected chi connectivity index (χ0v) is 17.1. The van der Waals surface area contributed by atoms with Crippen molar-refractivity contribution in [1.29, 1.82) is 0 Å². The average Bonchev–Trinajstić information content (AvgIpc) is 3.35. The number of aromatic carboxylic acids is 1. The summed E-state index contributed by atoms with van der Waals surface area (Å²) < 4.78 is 5.98. The molecule has 7 heteroatoms. The van der Waals surface area contributed by atoms with Gasteiger partial charge in [-0.2, -0.15) is 0 Å². The SMILES string of the molecule is O=C(O)c1cccc(C(=O)Nc2ccc(CCOc3ccccc3-c3c[nH]cn3)cc2)c1. The predicted octanol–water partition coefficient (Wildman–Crippen LogP) is 4.65. The van der Waals surface area contributed by atoms with Crippen LogP contribution in [0.3, 0.4) is 0 Å². The molecule has 0 saturated carbocycles. The molecular formula is C25H21N3O4. The number of hydrogen-bond donors (Lipinski definition) is 3. The molecule has 0 spiro atoms. The van der Waals surface area contributed by atoms with Crippen LogP contribution in [0, 0.1) is 0 Å². The standard InChI is InChI=1S/C25H21N3O4/c29-24(18-4-3-5-19(14-18)25(30)31)28-20-10-8-17(9-11-20)12-13-32-23-7-2-1-6-21(23)22-15-26-16-27-22/h1-11,14-16H,12-13H2,(H,26,27)(H,28,29)(H,30,31). The zero-order chi connectivity index (χ0) is 22.3. The molecule has 7 nitrogen and oxygen atoms in total. The third-order valence-electron chi connectivity index (χ3n) is 4.89. The zero-order valence-electron chi connectivity index (χ0n) is 17.1. The lowest BCUT2D eigenvalue weighted by atomic mass is 10.1. The van der Waals surface area contributed by atoms with Gasteiger partial charge in [0.2, 0.25) is 0 Å². The minimum Gasteiger partial charge on any atom is -0.493 e. The fourth-order valence-corrected chi connectivity index (χ4v) is 3.24. The number of aromatic amines is 1.